The molecule has 0 bridgehead atoms. The van der Waals surface area contributed by atoms with Gasteiger partial charge in [0.05, 0.1) is 17.6 Å². The molecule has 5 aromatic rings. The molecular formula is C24H22FN7. The van der Waals surface area contributed by atoms with Gasteiger partial charge in [-0.05, 0) is 31.0 Å². The van der Waals surface area contributed by atoms with E-state index in [1.807, 2.05) is 6.20 Å². The van der Waals surface area contributed by atoms with Gasteiger partial charge in [-0.1, -0.05) is 54.1 Å². The second-order valence-electron chi connectivity index (χ2n) is 7.74. The summed E-state index contributed by atoms with van der Waals surface area (Å²) in [5, 5.41) is 9.33. The summed E-state index contributed by atoms with van der Waals surface area (Å²) in [6.07, 6.45) is 6.00. The Hall–Kier alpha value is -4.07. The van der Waals surface area contributed by atoms with Gasteiger partial charge < -0.3 is 10.3 Å². The number of fused-ring (bicyclic) bond motifs is 1. The van der Waals surface area contributed by atoms with Gasteiger partial charge in [0.1, 0.15) is 35.0 Å². The number of anilines is 1. The summed E-state index contributed by atoms with van der Waals surface area (Å²) >= 11 is 0. The van der Waals surface area contributed by atoms with E-state index in [1.54, 1.807) is 24.4 Å². The van der Waals surface area contributed by atoms with E-state index in [9.17, 15) is 4.39 Å². The zero-order chi connectivity index (χ0) is 22.2. The predicted molar refractivity (Wildman–Crippen MR) is 122 cm³/mol. The molecule has 0 saturated carbocycles. The van der Waals surface area contributed by atoms with Crippen molar-refractivity contribution in [1.82, 2.24) is 29.5 Å². The first kappa shape index (κ1) is 19.9. The summed E-state index contributed by atoms with van der Waals surface area (Å²) in [4.78, 5) is 8.75. The van der Waals surface area contributed by atoms with Crippen LogP contribution in [0.1, 0.15) is 30.6 Å². The lowest BCUT2D eigenvalue weighted by molar-refractivity contribution is 0.564. The Balaban J connectivity index is 1.65. The van der Waals surface area contributed by atoms with Crippen LogP contribution in [0.15, 0.2) is 67.3 Å². The van der Waals surface area contributed by atoms with Crippen LogP contribution in [0.25, 0.3) is 27.8 Å². The van der Waals surface area contributed by atoms with E-state index in [0.717, 1.165) is 28.6 Å². The number of benzene rings is 2. The summed E-state index contributed by atoms with van der Waals surface area (Å²) < 4.78 is 17.8. The minimum absolute atomic E-state index is 0.161. The Bertz CT molecular complexity index is 1400. The highest BCUT2D eigenvalue weighted by Gasteiger charge is 2.23. The van der Waals surface area contributed by atoms with Gasteiger partial charge in [0.15, 0.2) is 0 Å². The van der Waals surface area contributed by atoms with E-state index >= 15 is 0 Å². The molecule has 2 N–H and O–H groups in total. The second kappa shape index (κ2) is 7.88. The molecule has 3 aromatic heterocycles. The molecule has 0 saturated heterocycles. The maximum atomic E-state index is 14.2. The molecule has 2 aromatic carbocycles. The van der Waals surface area contributed by atoms with Crippen molar-refractivity contribution >= 4 is 16.9 Å². The van der Waals surface area contributed by atoms with E-state index < -0.39 is 0 Å². The fourth-order valence-electron chi connectivity index (χ4n) is 4.03. The molecule has 7 nitrogen and oxygen atoms in total. The molecule has 0 aliphatic carbocycles. The topological polar surface area (TPSA) is 87.4 Å². The number of nitrogen functional groups attached to an aromatic ring is 1. The average Bonchev–Trinajstić information content (AvgIpc) is 3.42. The summed E-state index contributed by atoms with van der Waals surface area (Å²) in [7, 11) is 0. The first-order valence-corrected chi connectivity index (χ1v) is 10.4. The Morgan fingerprint density at radius 1 is 1.03 bits per heavy atom. The summed E-state index contributed by atoms with van der Waals surface area (Å²) in [5.74, 6) is 0.0692. The standard InChI is InChI=1S/C24H22FN7/c1-3-20(19-13-32(30-29-19)21-7-5-4-6-18(21)25)31-12-17(16-10-8-15(2)9-11-16)22-23(26)27-14-28-24(22)31/h4-14,20H,3H2,1-2H3,(H2,26,27,28). The highest BCUT2D eigenvalue weighted by molar-refractivity contribution is 6.00. The van der Waals surface area contributed by atoms with Crippen molar-refractivity contribution < 1.29 is 4.39 Å². The lowest BCUT2D eigenvalue weighted by Gasteiger charge is -2.15. The third kappa shape index (κ3) is 3.30. The fourth-order valence-corrected chi connectivity index (χ4v) is 4.03. The van der Waals surface area contributed by atoms with Crippen LogP contribution in [-0.4, -0.2) is 29.5 Å². The molecule has 0 aliphatic heterocycles. The van der Waals surface area contributed by atoms with Gasteiger partial charge in [0, 0.05) is 11.8 Å². The molecule has 32 heavy (non-hydrogen) atoms. The third-order valence-corrected chi connectivity index (χ3v) is 5.68. The lowest BCUT2D eigenvalue weighted by atomic mass is 10.0. The molecule has 0 spiro atoms. The number of hydrogen-bond acceptors (Lipinski definition) is 5. The second-order valence-corrected chi connectivity index (χ2v) is 7.74. The quantitative estimate of drug-likeness (QED) is 0.439. The number of aromatic nitrogens is 6. The van der Waals surface area contributed by atoms with Crippen molar-refractivity contribution in [3.05, 3.63) is 84.3 Å². The first-order valence-electron chi connectivity index (χ1n) is 10.4. The van der Waals surface area contributed by atoms with Gasteiger partial charge in [-0.25, -0.2) is 19.0 Å². The van der Waals surface area contributed by atoms with E-state index in [4.69, 9.17) is 5.73 Å². The van der Waals surface area contributed by atoms with Gasteiger partial charge in [-0.2, -0.15) is 0 Å². The van der Waals surface area contributed by atoms with Crippen molar-refractivity contribution in [3.63, 3.8) is 0 Å². The van der Waals surface area contributed by atoms with E-state index in [0.29, 0.717) is 17.2 Å². The Morgan fingerprint density at radius 2 is 1.81 bits per heavy atom. The summed E-state index contributed by atoms with van der Waals surface area (Å²) in [6, 6.07) is 14.6. The number of nitrogens with zero attached hydrogens (tertiary/aromatic N) is 6. The third-order valence-electron chi connectivity index (χ3n) is 5.68. The Labute approximate surface area is 184 Å². The van der Waals surface area contributed by atoms with Crippen LogP contribution in [0.3, 0.4) is 0 Å². The number of aryl methyl sites for hydroxylation is 1. The molecule has 3 heterocycles. The molecule has 0 amide bonds. The molecule has 0 radical (unpaired) electrons. The van der Waals surface area contributed by atoms with Crippen LogP contribution >= 0.6 is 0 Å². The van der Waals surface area contributed by atoms with E-state index in [-0.39, 0.29) is 11.9 Å². The van der Waals surface area contributed by atoms with Crippen LogP contribution in [0.2, 0.25) is 0 Å². The molecule has 1 atom stereocenters. The molecule has 8 heteroatoms. The maximum absolute atomic E-state index is 14.2. The molecule has 0 aliphatic rings. The lowest BCUT2D eigenvalue weighted by Crippen LogP contribution is -2.10. The van der Waals surface area contributed by atoms with Crippen LogP contribution in [-0.2, 0) is 0 Å². The number of rotatable bonds is 5. The van der Waals surface area contributed by atoms with Crippen molar-refractivity contribution in [1.29, 1.82) is 0 Å². The summed E-state index contributed by atoms with van der Waals surface area (Å²) in [5.41, 5.74) is 11.2. The number of hydrogen-bond donors (Lipinski definition) is 1. The normalized spacial score (nSPS) is 12.3. The van der Waals surface area contributed by atoms with Crippen LogP contribution in [0.4, 0.5) is 10.2 Å². The number of nitrogens with two attached hydrogens (primary N) is 1. The predicted octanol–water partition coefficient (Wildman–Crippen LogP) is 4.71. The van der Waals surface area contributed by atoms with Crippen LogP contribution in [0, 0.1) is 12.7 Å². The monoisotopic (exact) mass is 427 g/mol. The highest BCUT2D eigenvalue weighted by atomic mass is 19.1. The van der Waals surface area contributed by atoms with Crippen molar-refractivity contribution in [3.8, 4) is 16.8 Å². The highest BCUT2D eigenvalue weighted by Crippen LogP contribution is 2.36. The average molecular weight is 427 g/mol. The maximum Gasteiger partial charge on any atom is 0.148 e. The van der Waals surface area contributed by atoms with E-state index in [2.05, 4.69) is 63.0 Å². The molecule has 1 unspecified atom stereocenters. The van der Waals surface area contributed by atoms with Gasteiger partial charge in [-0.3, -0.25) is 0 Å². The van der Waals surface area contributed by atoms with Gasteiger partial charge >= 0.3 is 0 Å². The Morgan fingerprint density at radius 3 is 2.56 bits per heavy atom. The minimum Gasteiger partial charge on any atom is -0.383 e. The number of halogens is 1. The van der Waals surface area contributed by atoms with Crippen molar-refractivity contribution in [2.75, 3.05) is 5.73 Å². The first-order chi connectivity index (χ1) is 15.6. The molecular weight excluding hydrogens is 405 g/mol. The molecule has 5 rings (SSSR count). The largest absolute Gasteiger partial charge is 0.383 e. The minimum atomic E-state index is -0.356. The summed E-state index contributed by atoms with van der Waals surface area (Å²) in [6.45, 7) is 4.12. The van der Waals surface area contributed by atoms with Gasteiger partial charge in [0.25, 0.3) is 0 Å². The van der Waals surface area contributed by atoms with E-state index in [1.165, 1.54) is 22.6 Å². The van der Waals surface area contributed by atoms with Gasteiger partial charge in [0.2, 0.25) is 0 Å². The number of para-hydroxylation sites is 1. The fraction of sp³-hybridized carbons (Fsp3) is 0.167. The molecule has 0 fully saturated rings. The zero-order valence-electron chi connectivity index (χ0n) is 17.8. The molecule has 160 valence electrons. The van der Waals surface area contributed by atoms with Gasteiger partial charge in [-0.15, -0.1) is 5.10 Å². The van der Waals surface area contributed by atoms with Crippen molar-refractivity contribution in [2.45, 2.75) is 26.3 Å². The zero-order valence-corrected chi connectivity index (χ0v) is 17.8. The van der Waals surface area contributed by atoms with Crippen LogP contribution in [0.5, 0.6) is 0 Å². The SMILES string of the molecule is CCC(c1cn(-c2ccccc2F)nn1)n1cc(-c2ccc(C)cc2)c2c(N)ncnc21. The van der Waals surface area contributed by atoms with Crippen LogP contribution < -0.4 is 5.73 Å². The smallest absolute Gasteiger partial charge is 0.148 e. The Kier molecular flexibility index (Phi) is 4.89. The van der Waals surface area contributed by atoms with Crippen molar-refractivity contribution in [2.24, 2.45) is 0 Å².